The van der Waals surface area contributed by atoms with Crippen molar-refractivity contribution in [2.45, 2.75) is 19.4 Å². The van der Waals surface area contributed by atoms with Crippen LogP contribution in [0, 0.1) is 6.92 Å². The number of fused-ring (bicyclic) bond motifs is 1. The molecule has 2 aromatic rings. The first-order valence-electron chi connectivity index (χ1n) is 9.29. The zero-order valence-electron chi connectivity index (χ0n) is 16.3. The summed E-state index contributed by atoms with van der Waals surface area (Å²) in [5.74, 6) is 0.517. The maximum atomic E-state index is 13.3. The molecule has 1 aromatic carbocycles. The SMILES string of the molecule is Cc1ccc2c(c1)N(C)C(=O)C(C)(C(=O)N1CCN(c3ncccn3)CC1)O2. The van der Waals surface area contributed by atoms with Crippen LogP contribution >= 0.6 is 0 Å². The maximum absolute atomic E-state index is 13.3. The number of carbonyl (C=O) groups excluding carboxylic acids is 2. The maximum Gasteiger partial charge on any atom is 0.280 e. The first-order chi connectivity index (χ1) is 13.4. The molecule has 3 heterocycles. The summed E-state index contributed by atoms with van der Waals surface area (Å²) in [5.41, 5.74) is 0.139. The molecule has 146 valence electrons. The van der Waals surface area contributed by atoms with E-state index in [1.807, 2.05) is 30.0 Å². The second-order valence-electron chi connectivity index (χ2n) is 7.30. The molecule has 4 rings (SSSR count). The summed E-state index contributed by atoms with van der Waals surface area (Å²) < 4.78 is 5.96. The average Bonchev–Trinajstić information content (AvgIpc) is 2.73. The van der Waals surface area contributed by atoms with Crippen LogP contribution in [0.2, 0.25) is 0 Å². The van der Waals surface area contributed by atoms with Crippen molar-refractivity contribution in [3.63, 3.8) is 0 Å². The highest BCUT2D eigenvalue weighted by atomic mass is 16.5. The van der Waals surface area contributed by atoms with Gasteiger partial charge in [0.15, 0.2) is 0 Å². The molecular weight excluding hydrogens is 358 g/mol. The molecule has 0 radical (unpaired) electrons. The van der Waals surface area contributed by atoms with Gasteiger partial charge in [-0.3, -0.25) is 9.59 Å². The van der Waals surface area contributed by atoms with E-state index in [2.05, 4.69) is 9.97 Å². The number of amides is 2. The van der Waals surface area contributed by atoms with Gasteiger partial charge in [0, 0.05) is 45.6 Å². The van der Waals surface area contributed by atoms with Crippen LogP contribution in [0.25, 0.3) is 0 Å². The van der Waals surface area contributed by atoms with Crippen molar-refractivity contribution in [2.24, 2.45) is 0 Å². The Bertz CT molecular complexity index is 911. The molecule has 0 N–H and O–H groups in total. The first kappa shape index (κ1) is 18.2. The molecule has 0 bridgehead atoms. The summed E-state index contributed by atoms with van der Waals surface area (Å²) in [6.45, 7) is 5.68. The van der Waals surface area contributed by atoms with E-state index in [0.29, 0.717) is 43.6 Å². The zero-order valence-corrected chi connectivity index (χ0v) is 16.3. The third-order valence-corrected chi connectivity index (χ3v) is 5.31. The van der Waals surface area contributed by atoms with Gasteiger partial charge in [0.1, 0.15) is 5.75 Å². The van der Waals surface area contributed by atoms with Crippen LogP contribution < -0.4 is 14.5 Å². The Morgan fingerprint density at radius 2 is 1.82 bits per heavy atom. The largest absolute Gasteiger partial charge is 0.465 e. The molecule has 8 heteroatoms. The smallest absolute Gasteiger partial charge is 0.280 e. The van der Waals surface area contributed by atoms with Crippen LogP contribution in [0.4, 0.5) is 11.6 Å². The monoisotopic (exact) mass is 381 g/mol. The van der Waals surface area contributed by atoms with Crippen molar-refractivity contribution in [2.75, 3.05) is 43.0 Å². The third-order valence-electron chi connectivity index (χ3n) is 5.31. The predicted octanol–water partition coefficient (Wildman–Crippen LogP) is 1.25. The highest BCUT2D eigenvalue weighted by Crippen LogP contribution is 2.38. The fourth-order valence-corrected chi connectivity index (χ4v) is 3.67. The number of benzene rings is 1. The van der Waals surface area contributed by atoms with Gasteiger partial charge < -0.3 is 19.4 Å². The molecule has 1 unspecified atom stereocenters. The number of piperazine rings is 1. The number of hydrogen-bond acceptors (Lipinski definition) is 6. The lowest BCUT2D eigenvalue weighted by Crippen LogP contribution is -2.64. The van der Waals surface area contributed by atoms with E-state index in [1.165, 1.54) is 4.90 Å². The molecule has 1 atom stereocenters. The molecule has 2 aliphatic rings. The molecule has 0 saturated carbocycles. The van der Waals surface area contributed by atoms with Gasteiger partial charge in [-0.25, -0.2) is 9.97 Å². The number of carbonyl (C=O) groups is 2. The van der Waals surface area contributed by atoms with Crippen LogP contribution in [-0.4, -0.2) is 65.5 Å². The fraction of sp³-hybridized carbons (Fsp3) is 0.400. The van der Waals surface area contributed by atoms with Gasteiger partial charge in [0.25, 0.3) is 17.4 Å². The van der Waals surface area contributed by atoms with Gasteiger partial charge in [-0.05, 0) is 37.6 Å². The average molecular weight is 381 g/mol. The summed E-state index contributed by atoms with van der Waals surface area (Å²) in [6, 6.07) is 7.37. The van der Waals surface area contributed by atoms with Gasteiger partial charge in [-0.1, -0.05) is 6.07 Å². The predicted molar refractivity (Wildman–Crippen MR) is 104 cm³/mol. The van der Waals surface area contributed by atoms with E-state index in [1.54, 1.807) is 37.3 Å². The molecule has 0 aliphatic carbocycles. The van der Waals surface area contributed by atoms with Crippen molar-refractivity contribution in [3.8, 4) is 5.75 Å². The van der Waals surface area contributed by atoms with Gasteiger partial charge in [-0.15, -0.1) is 0 Å². The van der Waals surface area contributed by atoms with Crippen LogP contribution in [0.15, 0.2) is 36.7 Å². The molecule has 1 saturated heterocycles. The quantitative estimate of drug-likeness (QED) is 0.729. The van der Waals surface area contributed by atoms with Crippen molar-refractivity contribution in [1.29, 1.82) is 0 Å². The highest BCUT2D eigenvalue weighted by molar-refractivity contribution is 6.16. The molecule has 8 nitrogen and oxygen atoms in total. The Morgan fingerprint density at radius 1 is 1.14 bits per heavy atom. The number of aryl methyl sites for hydroxylation is 1. The molecule has 1 aromatic heterocycles. The molecule has 28 heavy (non-hydrogen) atoms. The van der Waals surface area contributed by atoms with E-state index in [-0.39, 0.29) is 11.8 Å². The van der Waals surface area contributed by atoms with E-state index < -0.39 is 5.60 Å². The van der Waals surface area contributed by atoms with Crippen LogP contribution in [0.1, 0.15) is 12.5 Å². The molecule has 1 fully saturated rings. The number of aromatic nitrogens is 2. The zero-order chi connectivity index (χ0) is 19.9. The topological polar surface area (TPSA) is 78.9 Å². The van der Waals surface area contributed by atoms with E-state index in [4.69, 9.17) is 4.74 Å². The number of likely N-dealkylation sites (N-methyl/N-ethyl adjacent to an activating group) is 1. The summed E-state index contributed by atoms with van der Waals surface area (Å²) in [5, 5.41) is 0. The second kappa shape index (κ2) is 6.78. The number of hydrogen-bond donors (Lipinski definition) is 0. The van der Waals surface area contributed by atoms with Crippen LogP contribution in [0.5, 0.6) is 5.75 Å². The lowest BCUT2D eigenvalue weighted by Gasteiger charge is -2.42. The van der Waals surface area contributed by atoms with Crippen molar-refractivity contribution in [1.82, 2.24) is 14.9 Å². The normalized spacial score (nSPS) is 22.0. The minimum absolute atomic E-state index is 0.316. The van der Waals surface area contributed by atoms with Gasteiger partial charge >= 0.3 is 0 Å². The minimum atomic E-state index is -1.57. The second-order valence-corrected chi connectivity index (χ2v) is 7.30. The number of rotatable bonds is 2. The standard InChI is InChI=1S/C20H23N5O3/c1-14-5-6-16-15(13-14)23(3)17(26)20(2,28-16)18(27)24-9-11-25(12-10-24)19-21-7-4-8-22-19/h4-8,13H,9-12H2,1-3H3. The van der Waals surface area contributed by atoms with Crippen LogP contribution in [0.3, 0.4) is 0 Å². The fourth-order valence-electron chi connectivity index (χ4n) is 3.67. The lowest BCUT2D eigenvalue weighted by molar-refractivity contribution is -0.156. The van der Waals surface area contributed by atoms with E-state index in [0.717, 1.165) is 5.56 Å². The van der Waals surface area contributed by atoms with E-state index >= 15 is 0 Å². The van der Waals surface area contributed by atoms with Gasteiger partial charge in [0.05, 0.1) is 5.69 Å². The Hall–Kier alpha value is -3.16. The summed E-state index contributed by atoms with van der Waals surface area (Å²) in [6.07, 6.45) is 3.40. The summed E-state index contributed by atoms with van der Waals surface area (Å²) >= 11 is 0. The van der Waals surface area contributed by atoms with E-state index in [9.17, 15) is 9.59 Å². The van der Waals surface area contributed by atoms with Crippen LogP contribution in [-0.2, 0) is 9.59 Å². The molecule has 2 amide bonds. The molecular formula is C20H23N5O3. The Morgan fingerprint density at radius 3 is 2.50 bits per heavy atom. The third kappa shape index (κ3) is 2.94. The number of ether oxygens (including phenoxy) is 1. The highest BCUT2D eigenvalue weighted by Gasteiger charge is 2.51. The van der Waals surface area contributed by atoms with Gasteiger partial charge in [0.2, 0.25) is 5.95 Å². The minimum Gasteiger partial charge on any atom is -0.465 e. The number of anilines is 2. The molecule has 2 aliphatic heterocycles. The van der Waals surface area contributed by atoms with Gasteiger partial charge in [-0.2, -0.15) is 0 Å². The molecule has 0 spiro atoms. The summed E-state index contributed by atoms with van der Waals surface area (Å²) in [7, 11) is 1.68. The first-order valence-corrected chi connectivity index (χ1v) is 9.29. The lowest BCUT2D eigenvalue weighted by atomic mass is 9.98. The van der Waals surface area contributed by atoms with Crippen molar-refractivity contribution < 1.29 is 14.3 Å². The Balaban J connectivity index is 1.52. The van der Waals surface area contributed by atoms with Crippen molar-refractivity contribution >= 4 is 23.5 Å². The number of nitrogens with zero attached hydrogens (tertiary/aromatic N) is 5. The Kier molecular flexibility index (Phi) is 4.41. The van der Waals surface area contributed by atoms with Crippen molar-refractivity contribution in [3.05, 3.63) is 42.2 Å². The Labute approximate surface area is 163 Å². The summed E-state index contributed by atoms with van der Waals surface area (Å²) in [4.78, 5) is 40.0.